The number of aryl methyl sites for hydroxylation is 1. The zero-order chi connectivity index (χ0) is 21.3. The maximum Gasteiger partial charge on any atom is 0.237 e. The molecule has 152 valence electrons. The molecule has 0 saturated heterocycles. The fourth-order valence-electron chi connectivity index (χ4n) is 4.15. The number of rotatable bonds is 4. The molecule has 4 aromatic rings. The first-order valence-corrected chi connectivity index (χ1v) is 10.6. The third kappa shape index (κ3) is 3.51. The van der Waals surface area contributed by atoms with Crippen molar-refractivity contribution in [1.29, 1.82) is 0 Å². The lowest BCUT2D eigenvalue weighted by molar-refractivity contribution is 0.0977. The van der Waals surface area contributed by atoms with E-state index in [1.165, 1.54) is 0 Å². The van der Waals surface area contributed by atoms with E-state index in [9.17, 15) is 0 Å². The Morgan fingerprint density at radius 3 is 1.94 bits per heavy atom. The summed E-state index contributed by atoms with van der Waals surface area (Å²) in [5.74, 6) is 0.538. The standard InChI is InChI=1S/C27H21ClN2O/c1-19-9-8-14-24(29-19)26-30-25(20-15-17-23(28)18-16-20)27(31-26,21-10-4-2-5-11-21)22-12-6-3-7-13-22/h2-18,25H,1H3/t25-/m0/s1. The predicted octanol–water partition coefficient (Wildman–Crippen LogP) is 6.51. The largest absolute Gasteiger partial charge is 0.457 e. The second-order valence-corrected chi connectivity index (χ2v) is 8.06. The van der Waals surface area contributed by atoms with E-state index >= 15 is 0 Å². The van der Waals surface area contributed by atoms with Gasteiger partial charge in [0.25, 0.3) is 0 Å². The molecular formula is C27H21ClN2O. The minimum Gasteiger partial charge on any atom is -0.457 e. The first-order valence-electron chi connectivity index (χ1n) is 10.2. The van der Waals surface area contributed by atoms with Crippen molar-refractivity contribution in [1.82, 2.24) is 4.98 Å². The molecule has 3 nitrogen and oxygen atoms in total. The van der Waals surface area contributed by atoms with Crippen molar-refractivity contribution >= 4 is 17.5 Å². The number of pyridine rings is 1. The number of hydrogen-bond acceptors (Lipinski definition) is 3. The Labute approximate surface area is 187 Å². The van der Waals surface area contributed by atoms with E-state index in [4.69, 9.17) is 21.3 Å². The van der Waals surface area contributed by atoms with Crippen molar-refractivity contribution in [3.8, 4) is 0 Å². The van der Waals surface area contributed by atoms with Crippen LogP contribution in [0.5, 0.6) is 0 Å². The molecule has 0 unspecified atom stereocenters. The highest BCUT2D eigenvalue weighted by Gasteiger charge is 2.51. The predicted molar refractivity (Wildman–Crippen MR) is 124 cm³/mol. The van der Waals surface area contributed by atoms with Gasteiger partial charge in [0.15, 0.2) is 5.60 Å². The highest BCUT2D eigenvalue weighted by Crippen LogP contribution is 2.50. The lowest BCUT2D eigenvalue weighted by Gasteiger charge is -2.35. The van der Waals surface area contributed by atoms with Gasteiger partial charge in [0, 0.05) is 21.8 Å². The van der Waals surface area contributed by atoms with Crippen molar-refractivity contribution in [2.45, 2.75) is 18.6 Å². The molecule has 0 bridgehead atoms. The van der Waals surface area contributed by atoms with Crippen LogP contribution in [-0.4, -0.2) is 10.9 Å². The van der Waals surface area contributed by atoms with Gasteiger partial charge in [0.05, 0.1) is 0 Å². The lowest BCUT2D eigenvalue weighted by atomic mass is 9.78. The minimum absolute atomic E-state index is 0.299. The molecule has 3 aromatic carbocycles. The van der Waals surface area contributed by atoms with Crippen LogP contribution in [0.25, 0.3) is 0 Å². The smallest absolute Gasteiger partial charge is 0.237 e. The van der Waals surface area contributed by atoms with E-state index in [1.54, 1.807) is 0 Å². The minimum atomic E-state index is -0.822. The first-order chi connectivity index (χ1) is 15.2. The molecule has 5 rings (SSSR count). The van der Waals surface area contributed by atoms with Gasteiger partial charge < -0.3 is 4.74 Å². The number of ether oxygens (including phenoxy) is 1. The monoisotopic (exact) mass is 424 g/mol. The van der Waals surface area contributed by atoms with Gasteiger partial charge >= 0.3 is 0 Å². The molecule has 31 heavy (non-hydrogen) atoms. The van der Waals surface area contributed by atoms with Crippen molar-refractivity contribution in [2.75, 3.05) is 0 Å². The molecule has 2 heterocycles. The topological polar surface area (TPSA) is 34.5 Å². The van der Waals surface area contributed by atoms with Gasteiger partial charge in [-0.3, -0.25) is 0 Å². The van der Waals surface area contributed by atoms with Crippen LogP contribution in [0.1, 0.15) is 34.1 Å². The van der Waals surface area contributed by atoms with E-state index in [-0.39, 0.29) is 6.04 Å². The van der Waals surface area contributed by atoms with Gasteiger partial charge in [-0.25, -0.2) is 9.98 Å². The van der Waals surface area contributed by atoms with Gasteiger partial charge in [0.1, 0.15) is 11.7 Å². The number of aliphatic imine (C=N–C) groups is 1. The van der Waals surface area contributed by atoms with E-state index < -0.39 is 5.60 Å². The van der Waals surface area contributed by atoms with E-state index in [1.807, 2.05) is 85.8 Å². The average Bonchev–Trinajstić information content (AvgIpc) is 3.23. The molecule has 1 aliphatic heterocycles. The van der Waals surface area contributed by atoms with Gasteiger partial charge in [0.2, 0.25) is 5.90 Å². The molecule has 1 aliphatic rings. The molecule has 4 heteroatoms. The third-order valence-corrected chi connectivity index (χ3v) is 5.84. The van der Waals surface area contributed by atoms with Gasteiger partial charge in [-0.1, -0.05) is 90.5 Å². The van der Waals surface area contributed by atoms with Crippen molar-refractivity contribution in [2.24, 2.45) is 4.99 Å². The van der Waals surface area contributed by atoms with E-state index in [2.05, 4.69) is 29.2 Å². The Hall–Kier alpha value is -3.43. The van der Waals surface area contributed by atoms with Gasteiger partial charge in [-0.05, 0) is 36.8 Å². The van der Waals surface area contributed by atoms with Crippen LogP contribution in [0.15, 0.2) is 108 Å². The Bertz CT molecular complexity index is 1180. The molecule has 1 aromatic heterocycles. The normalized spacial score (nSPS) is 17.1. The fourth-order valence-corrected chi connectivity index (χ4v) is 4.28. The molecule has 0 fully saturated rings. The summed E-state index contributed by atoms with van der Waals surface area (Å²) in [7, 11) is 0. The Morgan fingerprint density at radius 1 is 0.742 bits per heavy atom. The molecule has 0 aliphatic carbocycles. The lowest BCUT2D eigenvalue weighted by Crippen LogP contribution is -2.34. The van der Waals surface area contributed by atoms with Gasteiger partial charge in [-0.2, -0.15) is 0 Å². The molecule has 1 atom stereocenters. The van der Waals surface area contributed by atoms with Crippen LogP contribution in [0.2, 0.25) is 5.02 Å². The van der Waals surface area contributed by atoms with E-state index in [0.717, 1.165) is 28.1 Å². The number of nitrogens with zero attached hydrogens (tertiary/aromatic N) is 2. The highest BCUT2D eigenvalue weighted by molar-refractivity contribution is 6.30. The summed E-state index contributed by atoms with van der Waals surface area (Å²) in [6.45, 7) is 1.97. The van der Waals surface area contributed by atoms with Crippen molar-refractivity contribution in [3.63, 3.8) is 0 Å². The summed E-state index contributed by atoms with van der Waals surface area (Å²) in [5, 5.41) is 0.692. The summed E-state index contributed by atoms with van der Waals surface area (Å²) in [4.78, 5) is 9.77. The van der Waals surface area contributed by atoms with Gasteiger partial charge in [-0.15, -0.1) is 0 Å². The zero-order valence-corrected chi connectivity index (χ0v) is 17.8. The van der Waals surface area contributed by atoms with Crippen LogP contribution in [-0.2, 0) is 10.3 Å². The quantitative estimate of drug-likeness (QED) is 0.374. The number of halogens is 1. The first kappa shape index (κ1) is 19.5. The van der Waals surface area contributed by atoms with Crippen LogP contribution >= 0.6 is 11.6 Å². The molecule has 0 radical (unpaired) electrons. The Morgan fingerprint density at radius 2 is 1.35 bits per heavy atom. The summed E-state index contributed by atoms with van der Waals surface area (Å²) in [6.07, 6.45) is 0. The summed E-state index contributed by atoms with van der Waals surface area (Å²) in [6, 6.07) is 34.0. The van der Waals surface area contributed by atoms with Crippen LogP contribution in [0, 0.1) is 6.92 Å². The SMILES string of the molecule is Cc1cccc(C2=N[C@@H](c3ccc(Cl)cc3)C(c3ccccc3)(c3ccccc3)O2)n1. The second kappa shape index (κ2) is 8.01. The molecular weight excluding hydrogens is 404 g/mol. The van der Waals surface area contributed by atoms with E-state index in [0.29, 0.717) is 10.9 Å². The van der Waals surface area contributed by atoms with Crippen LogP contribution in [0.4, 0.5) is 0 Å². The second-order valence-electron chi connectivity index (χ2n) is 7.62. The van der Waals surface area contributed by atoms with Crippen molar-refractivity contribution < 1.29 is 4.74 Å². The third-order valence-electron chi connectivity index (χ3n) is 5.59. The highest BCUT2D eigenvalue weighted by atomic mass is 35.5. The van der Waals surface area contributed by atoms with Crippen LogP contribution in [0.3, 0.4) is 0 Å². The summed E-state index contributed by atoms with van der Waals surface area (Å²) in [5.41, 5.74) is 3.92. The summed E-state index contributed by atoms with van der Waals surface area (Å²) >= 11 is 6.19. The summed E-state index contributed by atoms with van der Waals surface area (Å²) < 4.78 is 6.81. The molecule has 0 N–H and O–H groups in total. The molecule has 0 saturated carbocycles. The number of hydrogen-bond donors (Lipinski definition) is 0. The number of benzene rings is 3. The zero-order valence-electron chi connectivity index (χ0n) is 17.1. The van der Waals surface area contributed by atoms with Crippen molar-refractivity contribution in [3.05, 3.63) is 136 Å². The fraction of sp³-hybridized carbons (Fsp3) is 0.111. The average molecular weight is 425 g/mol. The Kier molecular flexibility index (Phi) is 5.05. The van der Waals surface area contributed by atoms with Crippen LogP contribution < -0.4 is 0 Å². The number of aromatic nitrogens is 1. The Balaban J connectivity index is 1.76. The molecule has 0 spiro atoms. The maximum atomic E-state index is 6.81. The molecule has 0 amide bonds. The maximum absolute atomic E-state index is 6.81.